The topological polar surface area (TPSA) is 45.7 Å². The van der Waals surface area contributed by atoms with Crippen LogP contribution in [0.25, 0.3) is 0 Å². The summed E-state index contributed by atoms with van der Waals surface area (Å²) in [6, 6.07) is 0. The van der Waals surface area contributed by atoms with Crippen LogP contribution in [0.1, 0.15) is 33.6 Å². The van der Waals surface area contributed by atoms with Gasteiger partial charge < -0.3 is 10.1 Å². The smallest absolute Gasteiger partial charge is 0.105 e. The third kappa shape index (κ3) is 3.67. The van der Waals surface area contributed by atoms with E-state index >= 15 is 0 Å². The van der Waals surface area contributed by atoms with Gasteiger partial charge in [0, 0.05) is 18.9 Å². The minimum absolute atomic E-state index is 0.181. The zero-order chi connectivity index (χ0) is 13.7. The summed E-state index contributed by atoms with van der Waals surface area (Å²) in [5.41, 5.74) is 1.28. The first kappa shape index (κ1) is 14.3. The number of ether oxygens (including phenoxy) is 1. The van der Waals surface area contributed by atoms with Crippen LogP contribution >= 0.6 is 0 Å². The van der Waals surface area contributed by atoms with Crippen LogP contribution in [0, 0.1) is 5.92 Å². The molecule has 106 valence electrons. The van der Waals surface area contributed by atoms with Crippen LogP contribution < -0.4 is 10.6 Å². The van der Waals surface area contributed by atoms with Crippen LogP contribution in [-0.4, -0.2) is 31.4 Å². The molecule has 0 aromatic rings. The summed E-state index contributed by atoms with van der Waals surface area (Å²) in [5.74, 6) is 1.53. The number of rotatable bonds is 5. The van der Waals surface area contributed by atoms with Gasteiger partial charge in [0.05, 0.1) is 18.6 Å². The van der Waals surface area contributed by atoms with Gasteiger partial charge in [-0.15, -0.1) is 0 Å². The first-order chi connectivity index (χ1) is 9.24. The van der Waals surface area contributed by atoms with E-state index in [1.807, 2.05) is 6.92 Å². The third-order valence-corrected chi connectivity index (χ3v) is 3.51. The van der Waals surface area contributed by atoms with Crippen LogP contribution in [0.4, 0.5) is 0 Å². The summed E-state index contributed by atoms with van der Waals surface area (Å²) >= 11 is 0. The average Bonchev–Trinajstić information content (AvgIpc) is 2.42. The Bertz CT molecular complexity index is 387. The van der Waals surface area contributed by atoms with Crippen LogP contribution in [-0.2, 0) is 4.74 Å². The molecule has 0 fully saturated rings. The predicted molar refractivity (Wildman–Crippen MR) is 79.1 cm³/mol. The fourth-order valence-electron chi connectivity index (χ4n) is 2.51. The van der Waals surface area contributed by atoms with E-state index in [-0.39, 0.29) is 12.3 Å². The van der Waals surface area contributed by atoms with Crippen molar-refractivity contribution in [2.24, 2.45) is 10.9 Å². The van der Waals surface area contributed by atoms with Gasteiger partial charge in [-0.05, 0) is 18.9 Å². The van der Waals surface area contributed by atoms with Crippen LogP contribution in [0.5, 0.6) is 0 Å². The lowest BCUT2D eigenvalue weighted by Crippen LogP contribution is -2.50. The summed E-state index contributed by atoms with van der Waals surface area (Å²) in [6.07, 6.45) is 9.15. The minimum atomic E-state index is 0.181. The maximum atomic E-state index is 5.69. The van der Waals surface area contributed by atoms with Gasteiger partial charge in [-0.25, -0.2) is 0 Å². The van der Waals surface area contributed by atoms with Crippen LogP contribution in [0.2, 0.25) is 0 Å². The zero-order valence-corrected chi connectivity index (χ0v) is 12.1. The molecule has 0 aromatic heterocycles. The lowest BCUT2D eigenvalue weighted by molar-refractivity contribution is 0.0711. The fraction of sp³-hybridized carbons (Fsp3) is 0.667. The molecule has 0 amide bonds. The van der Waals surface area contributed by atoms with E-state index < -0.39 is 0 Å². The molecular formula is C15H25N3O. The molecule has 4 heteroatoms. The molecule has 0 aromatic carbocycles. The van der Waals surface area contributed by atoms with Crippen LogP contribution in [0.15, 0.2) is 28.8 Å². The molecule has 3 atom stereocenters. The highest BCUT2D eigenvalue weighted by Gasteiger charge is 2.23. The molecule has 1 aliphatic carbocycles. The van der Waals surface area contributed by atoms with Gasteiger partial charge in [-0.1, -0.05) is 32.1 Å². The summed E-state index contributed by atoms with van der Waals surface area (Å²) < 4.78 is 5.69. The molecular weight excluding hydrogens is 238 g/mol. The molecule has 0 radical (unpaired) electrons. The zero-order valence-electron chi connectivity index (χ0n) is 12.1. The normalized spacial score (nSPS) is 30.6. The van der Waals surface area contributed by atoms with Gasteiger partial charge in [-0.3, -0.25) is 10.3 Å². The maximum Gasteiger partial charge on any atom is 0.105 e. The SMILES string of the molecule is CCCC1=NCNC(C2=CC(C)C(OCC)C=C2)N1. The largest absolute Gasteiger partial charge is 0.374 e. The van der Waals surface area contributed by atoms with Crippen molar-refractivity contribution in [2.75, 3.05) is 13.3 Å². The fourth-order valence-corrected chi connectivity index (χ4v) is 2.51. The molecule has 1 heterocycles. The molecule has 4 nitrogen and oxygen atoms in total. The van der Waals surface area contributed by atoms with Crippen molar-refractivity contribution >= 4 is 5.84 Å². The van der Waals surface area contributed by atoms with Crippen molar-refractivity contribution in [1.29, 1.82) is 0 Å². The Labute approximate surface area is 116 Å². The van der Waals surface area contributed by atoms with Crippen molar-refractivity contribution in [1.82, 2.24) is 10.6 Å². The maximum absolute atomic E-state index is 5.69. The lowest BCUT2D eigenvalue weighted by Gasteiger charge is -2.30. The van der Waals surface area contributed by atoms with E-state index in [1.54, 1.807) is 0 Å². The third-order valence-electron chi connectivity index (χ3n) is 3.51. The highest BCUT2D eigenvalue weighted by atomic mass is 16.5. The Morgan fingerprint density at radius 1 is 1.42 bits per heavy atom. The molecule has 0 saturated carbocycles. The van der Waals surface area contributed by atoms with E-state index in [9.17, 15) is 0 Å². The number of nitrogens with one attached hydrogen (secondary N) is 2. The number of hydrogen-bond acceptors (Lipinski definition) is 4. The molecule has 0 bridgehead atoms. The van der Waals surface area contributed by atoms with Crippen molar-refractivity contribution in [3.8, 4) is 0 Å². The van der Waals surface area contributed by atoms with Crippen molar-refractivity contribution in [2.45, 2.75) is 45.9 Å². The van der Waals surface area contributed by atoms with Gasteiger partial charge in [0.1, 0.15) is 6.17 Å². The number of hydrogen-bond donors (Lipinski definition) is 2. The molecule has 2 aliphatic rings. The van der Waals surface area contributed by atoms with E-state index in [0.717, 1.165) is 25.3 Å². The Morgan fingerprint density at radius 3 is 2.95 bits per heavy atom. The summed E-state index contributed by atoms with van der Waals surface area (Å²) in [7, 11) is 0. The second kappa shape index (κ2) is 6.87. The highest BCUT2D eigenvalue weighted by Crippen LogP contribution is 2.21. The standard InChI is InChI=1S/C15H25N3O/c1-4-6-14-16-10-17-15(18-14)12-7-8-13(19-5-2)11(3)9-12/h7-9,11,13,15,17H,4-6,10H2,1-3H3,(H,16,18). The van der Waals surface area contributed by atoms with E-state index in [4.69, 9.17) is 4.74 Å². The first-order valence-electron chi connectivity index (χ1n) is 7.29. The van der Waals surface area contributed by atoms with Crippen molar-refractivity contribution in [3.05, 3.63) is 23.8 Å². The van der Waals surface area contributed by atoms with Crippen molar-refractivity contribution < 1.29 is 4.74 Å². The van der Waals surface area contributed by atoms with Gasteiger partial charge in [0.25, 0.3) is 0 Å². The summed E-state index contributed by atoms with van der Waals surface area (Å²) in [6.45, 7) is 7.87. The van der Waals surface area contributed by atoms with Crippen molar-refractivity contribution in [3.63, 3.8) is 0 Å². The molecule has 19 heavy (non-hydrogen) atoms. The highest BCUT2D eigenvalue weighted by molar-refractivity contribution is 5.83. The average molecular weight is 263 g/mol. The van der Waals surface area contributed by atoms with Crippen LogP contribution in [0.3, 0.4) is 0 Å². The second-order valence-electron chi connectivity index (χ2n) is 5.10. The minimum Gasteiger partial charge on any atom is -0.374 e. The van der Waals surface area contributed by atoms with Gasteiger partial charge in [0.2, 0.25) is 0 Å². The number of nitrogens with zero attached hydrogens (tertiary/aromatic N) is 1. The monoisotopic (exact) mass is 263 g/mol. The van der Waals surface area contributed by atoms with Gasteiger partial charge >= 0.3 is 0 Å². The molecule has 3 unspecified atom stereocenters. The predicted octanol–water partition coefficient (Wildman–Crippen LogP) is 2.20. The Hall–Kier alpha value is -1.13. The summed E-state index contributed by atoms with van der Waals surface area (Å²) in [4.78, 5) is 4.45. The van der Waals surface area contributed by atoms with E-state index in [0.29, 0.717) is 12.6 Å². The molecule has 0 spiro atoms. The van der Waals surface area contributed by atoms with E-state index in [2.05, 4.69) is 47.7 Å². The number of aliphatic imine (C=N–C) groups is 1. The molecule has 0 saturated heterocycles. The Morgan fingerprint density at radius 2 is 2.26 bits per heavy atom. The lowest BCUT2D eigenvalue weighted by atomic mass is 9.93. The van der Waals surface area contributed by atoms with Gasteiger partial charge in [-0.2, -0.15) is 0 Å². The number of amidine groups is 1. The Balaban J connectivity index is 1.98. The second-order valence-corrected chi connectivity index (χ2v) is 5.10. The first-order valence-corrected chi connectivity index (χ1v) is 7.29. The Kier molecular flexibility index (Phi) is 5.16. The van der Waals surface area contributed by atoms with E-state index in [1.165, 1.54) is 5.57 Å². The van der Waals surface area contributed by atoms with Gasteiger partial charge in [0.15, 0.2) is 0 Å². The quantitative estimate of drug-likeness (QED) is 0.799. The molecule has 2 N–H and O–H groups in total. The summed E-state index contributed by atoms with van der Waals surface area (Å²) in [5, 5.41) is 6.86. The molecule has 1 aliphatic heterocycles. The molecule has 2 rings (SSSR count).